The molecule has 0 saturated heterocycles. The van der Waals surface area contributed by atoms with Gasteiger partial charge in [-0.3, -0.25) is 4.79 Å². The van der Waals surface area contributed by atoms with E-state index >= 15 is 0 Å². The van der Waals surface area contributed by atoms with Gasteiger partial charge >= 0.3 is 0 Å². The van der Waals surface area contributed by atoms with Gasteiger partial charge in [-0.2, -0.15) is 0 Å². The van der Waals surface area contributed by atoms with Crippen LogP contribution in [0.3, 0.4) is 0 Å². The van der Waals surface area contributed by atoms with Crippen molar-refractivity contribution in [1.82, 2.24) is 0 Å². The highest BCUT2D eigenvalue weighted by atomic mass is 16.7. The first-order valence-electron chi connectivity index (χ1n) is 14.6. The monoisotopic (exact) mass is 532 g/mol. The average Bonchev–Trinajstić information content (AvgIpc) is 2.95. The van der Waals surface area contributed by atoms with Gasteiger partial charge in [-0.25, -0.2) is 0 Å². The van der Waals surface area contributed by atoms with Crippen molar-refractivity contribution in [3.63, 3.8) is 0 Å². The molecule has 0 N–H and O–H groups in total. The average molecular weight is 533 g/mol. The molecular formula is C34H44O5. The number of fused-ring (bicyclic) bond motifs is 3. The highest BCUT2D eigenvalue weighted by Crippen LogP contribution is 2.64. The van der Waals surface area contributed by atoms with Gasteiger partial charge in [0.2, 0.25) is 0 Å². The van der Waals surface area contributed by atoms with Gasteiger partial charge in [0.1, 0.15) is 6.79 Å². The summed E-state index contributed by atoms with van der Waals surface area (Å²) < 4.78 is 24.9. The summed E-state index contributed by atoms with van der Waals surface area (Å²) in [5.41, 5.74) is 3.38. The Kier molecular flexibility index (Phi) is 9.02. The molecule has 5 heteroatoms. The van der Waals surface area contributed by atoms with Crippen LogP contribution in [0, 0.1) is 22.7 Å². The van der Waals surface area contributed by atoms with E-state index in [1.54, 1.807) is 7.11 Å². The number of carbonyl (C=O) groups excluding carboxylic acids is 1. The lowest BCUT2D eigenvalue weighted by Crippen LogP contribution is -2.61. The molecule has 2 aromatic rings. The van der Waals surface area contributed by atoms with Gasteiger partial charge in [0.25, 0.3) is 0 Å². The third-order valence-corrected chi connectivity index (χ3v) is 9.69. The summed E-state index contributed by atoms with van der Waals surface area (Å²) in [6.07, 6.45) is 7.36. The van der Waals surface area contributed by atoms with Gasteiger partial charge in [-0.05, 0) is 60.6 Å². The molecule has 210 valence electrons. The van der Waals surface area contributed by atoms with E-state index in [4.69, 9.17) is 18.9 Å². The molecule has 5 rings (SSSR count). The predicted molar refractivity (Wildman–Crippen MR) is 152 cm³/mol. The number of methoxy groups -OCH3 is 1. The number of carbonyl (C=O) groups is 1. The molecule has 2 saturated carbocycles. The zero-order valence-corrected chi connectivity index (χ0v) is 23.8. The second-order valence-corrected chi connectivity index (χ2v) is 12.2. The summed E-state index contributed by atoms with van der Waals surface area (Å²) in [6.45, 7) is 6.86. The fourth-order valence-electron chi connectivity index (χ4n) is 7.87. The van der Waals surface area contributed by atoms with Crippen molar-refractivity contribution < 1.29 is 23.7 Å². The maximum absolute atomic E-state index is 12.6. The topological polar surface area (TPSA) is 54.0 Å². The van der Waals surface area contributed by atoms with E-state index in [1.165, 1.54) is 16.7 Å². The molecule has 0 unspecified atom stereocenters. The van der Waals surface area contributed by atoms with Crippen LogP contribution in [0.15, 0.2) is 72.3 Å². The summed E-state index contributed by atoms with van der Waals surface area (Å²) in [5, 5.41) is 0. The summed E-state index contributed by atoms with van der Waals surface area (Å²) in [6, 6.07) is 20.8. The number of benzene rings is 2. The number of ketones is 1. The van der Waals surface area contributed by atoms with E-state index in [0.717, 1.165) is 32.1 Å². The van der Waals surface area contributed by atoms with E-state index in [-0.39, 0.29) is 41.5 Å². The first-order valence-corrected chi connectivity index (χ1v) is 14.6. The number of rotatable bonds is 11. The lowest BCUT2D eigenvalue weighted by atomic mass is 9.45. The van der Waals surface area contributed by atoms with Crippen LogP contribution in [0.2, 0.25) is 0 Å². The van der Waals surface area contributed by atoms with Gasteiger partial charge in [-0.15, -0.1) is 0 Å². The molecule has 0 aliphatic heterocycles. The van der Waals surface area contributed by atoms with Crippen molar-refractivity contribution in [2.24, 2.45) is 22.7 Å². The molecule has 2 aromatic carbocycles. The van der Waals surface area contributed by atoms with Gasteiger partial charge in [0.05, 0.1) is 25.4 Å². The van der Waals surface area contributed by atoms with Crippen molar-refractivity contribution in [2.75, 3.05) is 20.5 Å². The van der Waals surface area contributed by atoms with Crippen LogP contribution in [0.25, 0.3) is 0 Å². The standard InChI is InChI=1S/C34H44O5/c1-33-17-16-31(38-23-26-12-8-5-9-13-26)34(2,18-19-37-22-25-10-6-4-7-11-25)32(33)30(39-24-36-3)20-27-14-15-28(35)21-29(27)33/h4-13,21,27,30-32H,14-20,22-24H2,1-3H3/t27-,30+,31+,32-,33-,34+/m0/s1. The highest BCUT2D eigenvalue weighted by Gasteiger charge is 2.61. The number of ether oxygens (including phenoxy) is 4. The minimum absolute atomic E-state index is 0.0348. The first kappa shape index (κ1) is 28.2. The van der Waals surface area contributed by atoms with Crippen LogP contribution in [0.1, 0.15) is 63.5 Å². The van der Waals surface area contributed by atoms with Gasteiger partial charge < -0.3 is 18.9 Å². The Morgan fingerprint density at radius 2 is 1.59 bits per heavy atom. The van der Waals surface area contributed by atoms with E-state index in [9.17, 15) is 4.79 Å². The molecule has 0 radical (unpaired) electrons. The molecule has 3 aliphatic carbocycles. The van der Waals surface area contributed by atoms with E-state index in [0.29, 0.717) is 32.2 Å². The molecule has 0 aromatic heterocycles. The molecule has 0 heterocycles. The zero-order valence-electron chi connectivity index (χ0n) is 23.8. The fourth-order valence-corrected chi connectivity index (χ4v) is 7.87. The van der Waals surface area contributed by atoms with E-state index in [1.807, 2.05) is 18.2 Å². The predicted octanol–water partition coefficient (Wildman–Crippen LogP) is 6.90. The van der Waals surface area contributed by atoms with Crippen LogP contribution in [-0.4, -0.2) is 38.5 Å². The van der Waals surface area contributed by atoms with Gasteiger partial charge in [0.15, 0.2) is 5.78 Å². The summed E-state index contributed by atoms with van der Waals surface area (Å²) in [4.78, 5) is 12.6. The molecule has 0 amide bonds. The molecule has 39 heavy (non-hydrogen) atoms. The first-order chi connectivity index (χ1) is 18.9. The summed E-state index contributed by atoms with van der Waals surface area (Å²) >= 11 is 0. The minimum atomic E-state index is -0.205. The Balaban J connectivity index is 1.44. The number of hydrogen-bond acceptors (Lipinski definition) is 5. The third-order valence-electron chi connectivity index (χ3n) is 9.69. The lowest BCUT2D eigenvalue weighted by molar-refractivity contribution is -0.212. The van der Waals surface area contributed by atoms with Crippen molar-refractivity contribution in [3.8, 4) is 0 Å². The van der Waals surface area contributed by atoms with Crippen LogP contribution in [0.4, 0.5) is 0 Å². The zero-order chi connectivity index (χ0) is 27.3. The Hall–Kier alpha value is -2.31. The van der Waals surface area contributed by atoms with Crippen LogP contribution >= 0.6 is 0 Å². The molecule has 2 fully saturated rings. The summed E-state index contributed by atoms with van der Waals surface area (Å²) in [5.74, 6) is 0.849. The van der Waals surface area contributed by atoms with Crippen LogP contribution in [-0.2, 0) is 37.0 Å². The van der Waals surface area contributed by atoms with Crippen molar-refractivity contribution in [1.29, 1.82) is 0 Å². The Morgan fingerprint density at radius 1 is 0.897 bits per heavy atom. The minimum Gasteiger partial charge on any atom is -0.377 e. The molecular weight excluding hydrogens is 488 g/mol. The Morgan fingerprint density at radius 3 is 2.28 bits per heavy atom. The Bertz CT molecular complexity index is 1110. The van der Waals surface area contributed by atoms with Crippen molar-refractivity contribution >= 4 is 5.78 Å². The molecule has 5 nitrogen and oxygen atoms in total. The molecule has 0 bridgehead atoms. The SMILES string of the molecule is COCO[C@@H]1C[C@@H]2CCC(=O)C=C2[C@]2(C)CC[C@@H](OCc3ccccc3)[C@@](C)(CCOCc3ccccc3)[C@@H]12. The largest absolute Gasteiger partial charge is 0.377 e. The third kappa shape index (κ3) is 6.07. The van der Waals surface area contributed by atoms with E-state index in [2.05, 4.69) is 62.4 Å². The lowest BCUT2D eigenvalue weighted by Gasteiger charge is -2.62. The van der Waals surface area contributed by atoms with Crippen molar-refractivity contribution in [3.05, 3.63) is 83.4 Å². The van der Waals surface area contributed by atoms with Crippen LogP contribution < -0.4 is 0 Å². The molecule has 6 atom stereocenters. The highest BCUT2D eigenvalue weighted by molar-refractivity contribution is 5.91. The van der Waals surface area contributed by atoms with Crippen LogP contribution in [0.5, 0.6) is 0 Å². The second kappa shape index (κ2) is 12.5. The maximum Gasteiger partial charge on any atom is 0.155 e. The van der Waals surface area contributed by atoms with Gasteiger partial charge in [0, 0.05) is 31.5 Å². The summed E-state index contributed by atoms with van der Waals surface area (Å²) in [7, 11) is 1.69. The normalized spacial score (nSPS) is 32.3. The maximum atomic E-state index is 12.6. The Labute approximate surface area is 233 Å². The van der Waals surface area contributed by atoms with Gasteiger partial charge in [-0.1, -0.05) is 80.1 Å². The van der Waals surface area contributed by atoms with Crippen molar-refractivity contribution in [2.45, 2.75) is 77.8 Å². The number of allylic oxidation sites excluding steroid dienone is 2. The van der Waals surface area contributed by atoms with E-state index < -0.39 is 0 Å². The molecule has 0 spiro atoms. The second-order valence-electron chi connectivity index (χ2n) is 12.2. The fraction of sp³-hybridized carbons (Fsp3) is 0.559. The molecule has 3 aliphatic rings. The quantitative estimate of drug-likeness (QED) is 0.233. The number of hydrogen-bond donors (Lipinski definition) is 0. The smallest absolute Gasteiger partial charge is 0.155 e.